The van der Waals surface area contributed by atoms with Crippen LogP contribution in [-0.2, 0) is 10.0 Å². The van der Waals surface area contributed by atoms with Crippen molar-refractivity contribution in [3.8, 4) is 0 Å². The summed E-state index contributed by atoms with van der Waals surface area (Å²) in [6.45, 7) is 11.5. The van der Waals surface area contributed by atoms with E-state index in [-0.39, 0.29) is 10.6 Å². The first-order valence-electron chi connectivity index (χ1n) is 6.39. The first kappa shape index (κ1) is 12.8. The van der Waals surface area contributed by atoms with Crippen LogP contribution in [-0.4, -0.2) is 13.3 Å². The van der Waals surface area contributed by atoms with Crippen molar-refractivity contribution in [3.05, 3.63) is 30.1 Å². The van der Waals surface area contributed by atoms with Crippen LogP contribution in [0.1, 0.15) is 39.3 Å². The van der Waals surface area contributed by atoms with E-state index in [0.29, 0.717) is 0 Å². The van der Waals surface area contributed by atoms with Gasteiger partial charge in [0.05, 0.1) is 11.3 Å². The topological polar surface area (TPSA) is 22.1 Å². The van der Waals surface area contributed by atoms with Gasteiger partial charge in [0.1, 0.15) is 0 Å². The molecule has 1 aromatic rings. The normalized spacial score (nSPS) is 19.1. The van der Waals surface area contributed by atoms with Gasteiger partial charge in [0.15, 0.2) is 8.32 Å². The van der Waals surface area contributed by atoms with E-state index in [1.165, 1.54) is 0 Å². The summed E-state index contributed by atoms with van der Waals surface area (Å²) in [6.07, 6.45) is 4.11. The number of rotatable bonds is 3. The molecule has 1 saturated carbocycles. The Kier molecular flexibility index (Phi) is 2.95. The maximum atomic E-state index is 6.56. The van der Waals surface area contributed by atoms with Gasteiger partial charge >= 0.3 is 0 Å². The van der Waals surface area contributed by atoms with Crippen molar-refractivity contribution in [1.29, 1.82) is 0 Å². The average Bonchev–Trinajstić information content (AvgIpc) is 2.98. The van der Waals surface area contributed by atoms with Crippen LogP contribution >= 0.6 is 0 Å². The lowest BCUT2D eigenvalue weighted by Gasteiger charge is -2.39. The smallest absolute Gasteiger partial charge is 0.193 e. The van der Waals surface area contributed by atoms with Crippen molar-refractivity contribution in [2.24, 2.45) is 0 Å². The summed E-state index contributed by atoms with van der Waals surface area (Å²) in [5.74, 6) is 0. The predicted octanol–water partition coefficient (Wildman–Crippen LogP) is 4.09. The third kappa shape index (κ3) is 2.45. The van der Waals surface area contributed by atoms with Gasteiger partial charge in [0, 0.05) is 6.20 Å². The van der Waals surface area contributed by atoms with Crippen molar-refractivity contribution < 1.29 is 4.43 Å². The molecule has 0 radical (unpaired) electrons. The zero-order valence-electron chi connectivity index (χ0n) is 11.6. The Morgan fingerprint density at radius 2 is 1.88 bits per heavy atom. The van der Waals surface area contributed by atoms with Gasteiger partial charge in [-0.1, -0.05) is 26.8 Å². The molecule has 1 fully saturated rings. The second-order valence-corrected chi connectivity index (χ2v) is 11.3. The number of pyridine rings is 1. The minimum Gasteiger partial charge on any atom is -0.406 e. The van der Waals surface area contributed by atoms with Crippen molar-refractivity contribution in [1.82, 2.24) is 4.98 Å². The van der Waals surface area contributed by atoms with Crippen LogP contribution < -0.4 is 0 Å². The Labute approximate surface area is 106 Å². The molecule has 0 amide bonds. The molecule has 0 aliphatic heterocycles. The maximum Gasteiger partial charge on any atom is 0.193 e. The molecule has 17 heavy (non-hydrogen) atoms. The fourth-order valence-corrected chi connectivity index (χ4v) is 3.39. The maximum absolute atomic E-state index is 6.56. The summed E-state index contributed by atoms with van der Waals surface area (Å²) < 4.78 is 6.56. The number of nitrogens with zero attached hydrogens (tertiary/aromatic N) is 1. The minimum absolute atomic E-state index is 0.0652. The van der Waals surface area contributed by atoms with E-state index in [9.17, 15) is 0 Å². The molecular weight excluding hydrogens is 226 g/mol. The zero-order valence-corrected chi connectivity index (χ0v) is 12.6. The quantitative estimate of drug-likeness (QED) is 0.753. The highest BCUT2D eigenvalue weighted by Crippen LogP contribution is 2.53. The Hall–Kier alpha value is -0.673. The number of hydrogen-bond acceptors (Lipinski definition) is 2. The molecule has 2 rings (SSSR count). The van der Waals surface area contributed by atoms with Gasteiger partial charge in [0.2, 0.25) is 0 Å². The van der Waals surface area contributed by atoms with Crippen LogP contribution in [0.25, 0.3) is 0 Å². The summed E-state index contributed by atoms with van der Waals surface area (Å²) in [6, 6.07) is 6.11. The summed E-state index contributed by atoms with van der Waals surface area (Å²) in [5, 5.41) is 0.261. The van der Waals surface area contributed by atoms with Gasteiger partial charge < -0.3 is 4.43 Å². The van der Waals surface area contributed by atoms with Crippen LogP contribution in [0.15, 0.2) is 24.4 Å². The second kappa shape index (κ2) is 3.92. The molecule has 0 atom stereocenters. The minimum atomic E-state index is -1.70. The third-order valence-corrected chi connectivity index (χ3v) is 8.61. The van der Waals surface area contributed by atoms with Gasteiger partial charge in [-0.05, 0) is 43.1 Å². The van der Waals surface area contributed by atoms with Crippen LogP contribution in [0, 0.1) is 0 Å². The largest absolute Gasteiger partial charge is 0.406 e. The highest BCUT2D eigenvalue weighted by Gasteiger charge is 2.53. The predicted molar refractivity (Wildman–Crippen MR) is 73.4 cm³/mol. The lowest BCUT2D eigenvalue weighted by atomic mass is 10.2. The van der Waals surface area contributed by atoms with E-state index in [1.807, 2.05) is 12.3 Å². The fraction of sp³-hybridized carbons (Fsp3) is 0.643. The van der Waals surface area contributed by atoms with Crippen LogP contribution in [0.5, 0.6) is 0 Å². The molecule has 1 aromatic heterocycles. The van der Waals surface area contributed by atoms with Crippen molar-refractivity contribution in [2.75, 3.05) is 0 Å². The Morgan fingerprint density at radius 1 is 1.24 bits per heavy atom. The Morgan fingerprint density at radius 3 is 2.29 bits per heavy atom. The summed E-state index contributed by atoms with van der Waals surface area (Å²) in [7, 11) is -1.70. The van der Waals surface area contributed by atoms with Crippen molar-refractivity contribution >= 4 is 8.32 Å². The SMILES string of the molecule is CC(C)(C)[Si](C)(C)OC1(c2ccccn2)CC1. The molecule has 0 aromatic carbocycles. The summed E-state index contributed by atoms with van der Waals surface area (Å²) >= 11 is 0. The Balaban J connectivity index is 2.20. The first-order chi connectivity index (χ1) is 7.77. The molecule has 3 heteroatoms. The molecular formula is C14H23NOSi. The van der Waals surface area contributed by atoms with Crippen molar-refractivity contribution in [2.45, 2.75) is 57.3 Å². The fourth-order valence-electron chi connectivity index (χ4n) is 1.80. The molecule has 94 valence electrons. The molecule has 0 saturated heterocycles. The van der Waals surface area contributed by atoms with Gasteiger partial charge in [-0.15, -0.1) is 0 Å². The van der Waals surface area contributed by atoms with Gasteiger partial charge in [-0.3, -0.25) is 4.98 Å². The summed E-state index contributed by atoms with van der Waals surface area (Å²) in [4.78, 5) is 4.48. The van der Waals surface area contributed by atoms with E-state index in [1.54, 1.807) is 0 Å². The standard InChI is InChI=1S/C14H23NOSi/c1-13(2,3)17(4,5)16-14(9-10-14)12-8-6-7-11-15-12/h6-8,11H,9-10H2,1-5H3. The van der Waals surface area contributed by atoms with Crippen LogP contribution in [0.3, 0.4) is 0 Å². The van der Waals surface area contributed by atoms with Crippen LogP contribution in [0.2, 0.25) is 18.1 Å². The molecule has 0 N–H and O–H groups in total. The van der Waals surface area contributed by atoms with Gasteiger partial charge in [-0.25, -0.2) is 0 Å². The van der Waals surface area contributed by atoms with E-state index in [4.69, 9.17) is 4.43 Å². The van der Waals surface area contributed by atoms with E-state index in [0.717, 1.165) is 18.5 Å². The molecule has 0 unspecified atom stereocenters. The molecule has 0 spiro atoms. The third-order valence-electron chi connectivity index (χ3n) is 4.09. The molecule has 2 nitrogen and oxygen atoms in total. The van der Waals surface area contributed by atoms with E-state index in [2.05, 4.69) is 51.0 Å². The van der Waals surface area contributed by atoms with Crippen LogP contribution in [0.4, 0.5) is 0 Å². The monoisotopic (exact) mass is 249 g/mol. The lowest BCUT2D eigenvalue weighted by molar-refractivity contribution is 0.154. The first-order valence-corrected chi connectivity index (χ1v) is 9.29. The lowest BCUT2D eigenvalue weighted by Crippen LogP contribution is -2.44. The average molecular weight is 249 g/mol. The number of aromatic nitrogens is 1. The highest BCUT2D eigenvalue weighted by atomic mass is 28.4. The summed E-state index contributed by atoms with van der Waals surface area (Å²) in [5.41, 5.74) is 1.05. The Bertz CT molecular complexity index is 390. The highest BCUT2D eigenvalue weighted by molar-refractivity contribution is 6.74. The molecule has 1 aliphatic carbocycles. The molecule has 1 aliphatic rings. The zero-order chi connectivity index (χ0) is 12.7. The number of hydrogen-bond donors (Lipinski definition) is 0. The second-order valence-electron chi connectivity index (χ2n) is 6.57. The van der Waals surface area contributed by atoms with Gasteiger partial charge in [0.25, 0.3) is 0 Å². The van der Waals surface area contributed by atoms with Crippen molar-refractivity contribution in [3.63, 3.8) is 0 Å². The molecule has 0 bridgehead atoms. The van der Waals surface area contributed by atoms with E-state index >= 15 is 0 Å². The molecule has 1 heterocycles. The van der Waals surface area contributed by atoms with E-state index < -0.39 is 8.32 Å². The van der Waals surface area contributed by atoms with Gasteiger partial charge in [-0.2, -0.15) is 0 Å².